The minimum absolute atomic E-state index is 0. The van der Waals surface area contributed by atoms with E-state index in [9.17, 15) is 0 Å². The average Bonchev–Trinajstić information content (AvgIpc) is 2.98. The third-order valence-electron chi connectivity index (χ3n) is 4.11. The molecule has 1 heterocycles. The second-order valence-electron chi connectivity index (χ2n) is 6.04. The molecule has 0 saturated carbocycles. The van der Waals surface area contributed by atoms with E-state index in [-0.39, 0.29) is 24.0 Å². The van der Waals surface area contributed by atoms with Crippen LogP contribution in [0.4, 0.5) is 0 Å². The number of fused-ring (bicyclic) bond motifs is 1. The highest BCUT2D eigenvalue weighted by atomic mass is 127. The van der Waals surface area contributed by atoms with Crippen LogP contribution in [0.2, 0.25) is 0 Å². The molecule has 0 aliphatic rings. The number of aryl methyl sites for hydroxylation is 2. The van der Waals surface area contributed by atoms with E-state index in [1.165, 1.54) is 5.52 Å². The molecule has 0 aliphatic heterocycles. The van der Waals surface area contributed by atoms with Crippen LogP contribution in [0.15, 0.2) is 29.3 Å². The summed E-state index contributed by atoms with van der Waals surface area (Å²) in [6, 6.07) is 8.27. The smallest absolute Gasteiger partial charge is 0.190 e. The van der Waals surface area contributed by atoms with Gasteiger partial charge in [0.15, 0.2) is 5.96 Å². The molecule has 7 nitrogen and oxygen atoms in total. The lowest BCUT2D eigenvalue weighted by Crippen LogP contribution is -2.38. The van der Waals surface area contributed by atoms with Crippen LogP contribution >= 0.6 is 24.0 Å². The zero-order valence-corrected chi connectivity index (χ0v) is 18.9. The summed E-state index contributed by atoms with van der Waals surface area (Å²) in [6.07, 6.45) is 1.94. The van der Waals surface area contributed by atoms with E-state index >= 15 is 0 Å². The van der Waals surface area contributed by atoms with Gasteiger partial charge in [0.05, 0.1) is 24.2 Å². The van der Waals surface area contributed by atoms with E-state index in [0.717, 1.165) is 56.4 Å². The molecular formula is C19H32IN5O2. The van der Waals surface area contributed by atoms with Crippen molar-refractivity contribution in [2.24, 2.45) is 4.99 Å². The fourth-order valence-corrected chi connectivity index (χ4v) is 2.77. The third-order valence-corrected chi connectivity index (χ3v) is 4.11. The molecule has 0 fully saturated rings. The number of hydrogen-bond acceptors (Lipinski definition) is 4. The molecule has 0 atom stereocenters. The van der Waals surface area contributed by atoms with E-state index in [4.69, 9.17) is 9.47 Å². The summed E-state index contributed by atoms with van der Waals surface area (Å²) in [5.41, 5.74) is 2.25. The number of imidazole rings is 1. The molecule has 0 bridgehead atoms. The molecule has 1 aromatic heterocycles. The molecule has 1 aromatic carbocycles. The summed E-state index contributed by atoms with van der Waals surface area (Å²) >= 11 is 0. The second kappa shape index (κ2) is 13.7. The predicted molar refractivity (Wildman–Crippen MR) is 121 cm³/mol. The summed E-state index contributed by atoms with van der Waals surface area (Å²) in [5.74, 6) is 1.89. The van der Waals surface area contributed by atoms with Crippen molar-refractivity contribution >= 4 is 41.0 Å². The zero-order valence-electron chi connectivity index (χ0n) is 16.5. The van der Waals surface area contributed by atoms with Gasteiger partial charge in [0.1, 0.15) is 5.82 Å². The van der Waals surface area contributed by atoms with Crippen LogP contribution in [0, 0.1) is 6.92 Å². The summed E-state index contributed by atoms with van der Waals surface area (Å²) in [6.45, 7) is 6.69. The van der Waals surface area contributed by atoms with E-state index in [1.807, 2.05) is 6.07 Å². The van der Waals surface area contributed by atoms with Crippen LogP contribution in [-0.4, -0.2) is 62.6 Å². The maximum Gasteiger partial charge on any atom is 0.190 e. The fourth-order valence-electron chi connectivity index (χ4n) is 2.77. The molecule has 2 rings (SSSR count). The first-order chi connectivity index (χ1) is 12.8. The normalized spacial score (nSPS) is 11.4. The highest BCUT2D eigenvalue weighted by Gasteiger charge is 2.06. The number of rotatable bonds is 11. The first kappa shape index (κ1) is 23.6. The molecule has 0 unspecified atom stereocenters. The molecule has 2 N–H and O–H groups in total. The summed E-state index contributed by atoms with van der Waals surface area (Å²) in [5, 5.41) is 6.66. The SMILES string of the molecule is CN=C(NCCCOCCOC)NCCCn1c(C)nc2ccccc21.I. The number of ether oxygens (including phenoxy) is 2. The average molecular weight is 489 g/mol. The van der Waals surface area contributed by atoms with Crippen molar-refractivity contribution in [1.29, 1.82) is 0 Å². The second-order valence-corrected chi connectivity index (χ2v) is 6.04. The first-order valence-electron chi connectivity index (χ1n) is 9.19. The molecule has 0 spiro atoms. The lowest BCUT2D eigenvalue weighted by Gasteiger charge is -2.12. The van der Waals surface area contributed by atoms with Crippen molar-refractivity contribution in [2.45, 2.75) is 26.3 Å². The number of para-hydroxylation sites is 2. The quantitative estimate of drug-likeness (QED) is 0.220. The Hall–Kier alpha value is -1.39. The highest BCUT2D eigenvalue weighted by molar-refractivity contribution is 14.0. The summed E-state index contributed by atoms with van der Waals surface area (Å²) in [7, 11) is 3.47. The molecule has 8 heteroatoms. The van der Waals surface area contributed by atoms with Crippen molar-refractivity contribution in [1.82, 2.24) is 20.2 Å². The number of benzene rings is 1. The number of aromatic nitrogens is 2. The number of nitrogens with zero attached hydrogens (tertiary/aromatic N) is 3. The summed E-state index contributed by atoms with van der Waals surface area (Å²) in [4.78, 5) is 8.86. The fraction of sp³-hybridized carbons (Fsp3) is 0.579. The minimum Gasteiger partial charge on any atom is -0.382 e. The number of guanidine groups is 1. The van der Waals surface area contributed by atoms with Crippen LogP contribution < -0.4 is 10.6 Å². The number of hydrogen-bond donors (Lipinski definition) is 2. The van der Waals surface area contributed by atoms with Crippen molar-refractivity contribution in [3.63, 3.8) is 0 Å². The van der Waals surface area contributed by atoms with Crippen molar-refractivity contribution in [2.75, 3.05) is 47.1 Å². The van der Waals surface area contributed by atoms with Gasteiger partial charge in [0, 0.05) is 40.4 Å². The molecule has 27 heavy (non-hydrogen) atoms. The lowest BCUT2D eigenvalue weighted by atomic mass is 10.3. The van der Waals surface area contributed by atoms with Crippen LogP contribution in [-0.2, 0) is 16.0 Å². The molecule has 0 saturated heterocycles. The number of aliphatic imine (C=N–C) groups is 1. The third kappa shape index (κ3) is 8.02. The van der Waals surface area contributed by atoms with Gasteiger partial charge in [-0.2, -0.15) is 0 Å². The molecule has 0 radical (unpaired) electrons. The van der Waals surface area contributed by atoms with E-state index in [2.05, 4.69) is 50.3 Å². The van der Waals surface area contributed by atoms with Gasteiger partial charge in [-0.15, -0.1) is 24.0 Å². The van der Waals surface area contributed by atoms with Crippen LogP contribution in [0.1, 0.15) is 18.7 Å². The van der Waals surface area contributed by atoms with Crippen LogP contribution in [0.5, 0.6) is 0 Å². The van der Waals surface area contributed by atoms with Gasteiger partial charge in [-0.25, -0.2) is 4.98 Å². The Labute approximate surface area is 178 Å². The maximum atomic E-state index is 5.44. The monoisotopic (exact) mass is 489 g/mol. The van der Waals surface area contributed by atoms with Crippen molar-refractivity contribution in [3.05, 3.63) is 30.1 Å². The number of methoxy groups -OCH3 is 1. The molecule has 0 amide bonds. The Balaban J connectivity index is 0.00000364. The Kier molecular flexibility index (Phi) is 12.0. The van der Waals surface area contributed by atoms with Gasteiger partial charge in [-0.05, 0) is 31.9 Å². The Bertz CT molecular complexity index is 690. The maximum absolute atomic E-state index is 5.44. The van der Waals surface area contributed by atoms with E-state index in [1.54, 1.807) is 14.2 Å². The van der Waals surface area contributed by atoms with E-state index in [0.29, 0.717) is 13.2 Å². The van der Waals surface area contributed by atoms with Crippen molar-refractivity contribution in [3.8, 4) is 0 Å². The largest absolute Gasteiger partial charge is 0.382 e. The van der Waals surface area contributed by atoms with Crippen LogP contribution in [0.3, 0.4) is 0 Å². The van der Waals surface area contributed by atoms with Crippen molar-refractivity contribution < 1.29 is 9.47 Å². The molecular weight excluding hydrogens is 457 g/mol. The van der Waals surface area contributed by atoms with Gasteiger partial charge < -0.3 is 24.7 Å². The van der Waals surface area contributed by atoms with Crippen LogP contribution in [0.25, 0.3) is 11.0 Å². The topological polar surface area (TPSA) is 72.7 Å². The van der Waals surface area contributed by atoms with Gasteiger partial charge in [0.25, 0.3) is 0 Å². The zero-order chi connectivity index (χ0) is 18.6. The minimum atomic E-state index is 0. The molecule has 2 aromatic rings. The van der Waals surface area contributed by atoms with Gasteiger partial charge in [0.2, 0.25) is 0 Å². The number of halogens is 1. The summed E-state index contributed by atoms with van der Waals surface area (Å²) < 4.78 is 12.7. The standard InChI is InChI=1S/C19H31N5O2.HI/c1-16-23-17-8-4-5-9-18(17)24(16)12-6-10-21-19(20-2)22-11-7-13-26-15-14-25-3;/h4-5,8-9H,6-7,10-15H2,1-3H3,(H2,20,21,22);1H. The Morgan fingerprint density at radius 1 is 1.11 bits per heavy atom. The van der Waals surface area contributed by atoms with E-state index < -0.39 is 0 Å². The highest BCUT2D eigenvalue weighted by Crippen LogP contribution is 2.15. The van der Waals surface area contributed by atoms with Gasteiger partial charge >= 0.3 is 0 Å². The molecule has 152 valence electrons. The number of nitrogens with one attached hydrogen (secondary N) is 2. The lowest BCUT2D eigenvalue weighted by molar-refractivity contribution is 0.0698. The predicted octanol–water partition coefficient (Wildman–Crippen LogP) is 2.57. The Morgan fingerprint density at radius 3 is 2.59 bits per heavy atom. The Morgan fingerprint density at radius 2 is 1.85 bits per heavy atom. The van der Waals surface area contributed by atoms with Gasteiger partial charge in [-0.3, -0.25) is 4.99 Å². The molecule has 0 aliphatic carbocycles. The first-order valence-corrected chi connectivity index (χ1v) is 9.19. The van der Waals surface area contributed by atoms with Gasteiger partial charge in [-0.1, -0.05) is 12.1 Å².